The molecule has 0 aromatic carbocycles. The Kier molecular flexibility index (Phi) is 4.91. The number of halogens is 1. The molecule has 0 amide bonds. The number of rotatable bonds is 5. The molecule has 0 radical (unpaired) electrons. The zero-order valence-electron chi connectivity index (χ0n) is 9.48. The molecule has 1 unspecified atom stereocenters. The smallest absolute Gasteiger partial charge is 0.163 e. The molecule has 2 nitrogen and oxygen atoms in total. The molecular formula is C10H21BrO2. The Balaban J connectivity index is 4.56. The van der Waals surface area contributed by atoms with Crippen molar-refractivity contribution in [3.63, 3.8) is 0 Å². The largest absolute Gasteiger partial charge is 0.355 e. The summed E-state index contributed by atoms with van der Waals surface area (Å²) in [6.07, 6.45) is -0.174. The minimum Gasteiger partial charge on any atom is -0.355 e. The predicted octanol–water partition coefficient (Wildman–Crippen LogP) is 3.20. The summed E-state index contributed by atoms with van der Waals surface area (Å²) in [5.41, 5.74) is -0.0717. The first kappa shape index (κ1) is 13.4. The van der Waals surface area contributed by atoms with Crippen molar-refractivity contribution < 1.29 is 9.47 Å². The molecule has 0 saturated carbocycles. The second-order valence-electron chi connectivity index (χ2n) is 4.22. The van der Waals surface area contributed by atoms with Crippen LogP contribution < -0.4 is 0 Å². The average molecular weight is 253 g/mol. The van der Waals surface area contributed by atoms with E-state index in [9.17, 15) is 0 Å². The average Bonchev–Trinajstić information content (AvgIpc) is 1.97. The third kappa shape index (κ3) is 3.22. The van der Waals surface area contributed by atoms with Crippen LogP contribution >= 0.6 is 15.9 Å². The van der Waals surface area contributed by atoms with E-state index in [0.29, 0.717) is 6.61 Å². The van der Waals surface area contributed by atoms with Gasteiger partial charge in [0.05, 0.1) is 0 Å². The molecule has 1 atom stereocenters. The van der Waals surface area contributed by atoms with Gasteiger partial charge in [-0.2, -0.15) is 0 Å². The predicted molar refractivity (Wildman–Crippen MR) is 59.2 cm³/mol. The highest BCUT2D eigenvalue weighted by Gasteiger charge is 2.42. The van der Waals surface area contributed by atoms with Crippen molar-refractivity contribution in [3.05, 3.63) is 0 Å². The summed E-state index contributed by atoms with van der Waals surface area (Å²) >= 11 is 3.65. The molecule has 0 aromatic rings. The number of hydrogen-bond acceptors (Lipinski definition) is 2. The van der Waals surface area contributed by atoms with E-state index < -0.39 is 0 Å². The van der Waals surface area contributed by atoms with Gasteiger partial charge in [-0.3, -0.25) is 0 Å². The molecule has 80 valence electrons. The van der Waals surface area contributed by atoms with Gasteiger partial charge in [-0.15, -0.1) is 0 Å². The van der Waals surface area contributed by atoms with E-state index in [1.54, 1.807) is 7.11 Å². The van der Waals surface area contributed by atoms with Crippen molar-refractivity contribution >= 4 is 15.9 Å². The Hall–Kier alpha value is 0.400. The lowest BCUT2D eigenvalue weighted by Gasteiger charge is -2.41. The van der Waals surface area contributed by atoms with Crippen molar-refractivity contribution in [3.8, 4) is 0 Å². The Labute approximate surface area is 90.1 Å². The van der Waals surface area contributed by atoms with Crippen LogP contribution in [-0.4, -0.2) is 24.3 Å². The first-order valence-electron chi connectivity index (χ1n) is 4.60. The maximum Gasteiger partial charge on any atom is 0.163 e. The standard InChI is InChI=1S/C10H21BrO2/c1-7-13-8(12-6)9(2,3)10(4,5)11/h8H,7H2,1-6H3. The summed E-state index contributed by atoms with van der Waals surface area (Å²) in [5, 5.41) is 0. The summed E-state index contributed by atoms with van der Waals surface area (Å²) in [6, 6.07) is 0. The third-order valence-corrected chi connectivity index (χ3v) is 3.68. The molecule has 0 heterocycles. The van der Waals surface area contributed by atoms with Crippen molar-refractivity contribution in [2.75, 3.05) is 13.7 Å². The monoisotopic (exact) mass is 252 g/mol. The number of methoxy groups -OCH3 is 1. The van der Waals surface area contributed by atoms with Gasteiger partial charge in [-0.1, -0.05) is 29.8 Å². The van der Waals surface area contributed by atoms with E-state index in [4.69, 9.17) is 9.47 Å². The Morgan fingerprint density at radius 3 is 1.92 bits per heavy atom. The summed E-state index contributed by atoms with van der Waals surface area (Å²) in [4.78, 5) is 0. The van der Waals surface area contributed by atoms with E-state index in [1.165, 1.54) is 0 Å². The van der Waals surface area contributed by atoms with Crippen molar-refractivity contribution in [1.29, 1.82) is 0 Å². The quantitative estimate of drug-likeness (QED) is 0.553. The van der Waals surface area contributed by atoms with Crippen LogP contribution in [-0.2, 0) is 9.47 Å². The molecule has 0 aliphatic heterocycles. The first-order valence-corrected chi connectivity index (χ1v) is 5.40. The molecule has 0 saturated heterocycles. The fraction of sp³-hybridized carbons (Fsp3) is 1.00. The Bertz CT molecular complexity index is 149. The van der Waals surface area contributed by atoms with Crippen LogP contribution in [0.25, 0.3) is 0 Å². The third-order valence-electron chi connectivity index (χ3n) is 2.65. The van der Waals surface area contributed by atoms with Crippen molar-refractivity contribution in [2.24, 2.45) is 5.41 Å². The lowest BCUT2D eigenvalue weighted by Crippen LogP contribution is -2.45. The van der Waals surface area contributed by atoms with Gasteiger partial charge in [0.2, 0.25) is 0 Å². The second-order valence-corrected chi connectivity index (χ2v) is 6.20. The zero-order chi connectivity index (χ0) is 10.7. The molecule has 0 bridgehead atoms. The van der Waals surface area contributed by atoms with Gasteiger partial charge >= 0.3 is 0 Å². The highest BCUT2D eigenvalue weighted by atomic mass is 79.9. The summed E-state index contributed by atoms with van der Waals surface area (Å²) < 4.78 is 10.8. The van der Waals surface area contributed by atoms with Gasteiger partial charge in [0.1, 0.15) is 0 Å². The summed E-state index contributed by atoms with van der Waals surface area (Å²) in [5.74, 6) is 0. The normalized spacial score (nSPS) is 15.9. The van der Waals surface area contributed by atoms with E-state index in [-0.39, 0.29) is 16.0 Å². The van der Waals surface area contributed by atoms with Crippen LogP contribution in [0.3, 0.4) is 0 Å². The minimum atomic E-state index is -0.174. The van der Waals surface area contributed by atoms with Crippen LogP contribution in [0.1, 0.15) is 34.6 Å². The number of ether oxygens (including phenoxy) is 2. The van der Waals surface area contributed by atoms with E-state index in [1.807, 2.05) is 6.92 Å². The van der Waals surface area contributed by atoms with E-state index in [0.717, 1.165) is 0 Å². The lowest BCUT2D eigenvalue weighted by molar-refractivity contribution is -0.187. The molecule has 0 spiro atoms. The van der Waals surface area contributed by atoms with Crippen molar-refractivity contribution in [2.45, 2.75) is 45.2 Å². The van der Waals surface area contributed by atoms with Gasteiger partial charge in [0, 0.05) is 23.5 Å². The molecular weight excluding hydrogens is 232 g/mol. The minimum absolute atomic E-state index is 0.0180. The van der Waals surface area contributed by atoms with Gasteiger partial charge in [-0.05, 0) is 20.8 Å². The van der Waals surface area contributed by atoms with Gasteiger partial charge in [0.25, 0.3) is 0 Å². The maximum absolute atomic E-state index is 5.53. The molecule has 3 heteroatoms. The van der Waals surface area contributed by atoms with E-state index in [2.05, 4.69) is 43.6 Å². The van der Waals surface area contributed by atoms with Crippen LogP contribution in [0.15, 0.2) is 0 Å². The molecule has 0 rings (SSSR count). The van der Waals surface area contributed by atoms with Crippen LogP contribution in [0.5, 0.6) is 0 Å². The number of hydrogen-bond donors (Lipinski definition) is 0. The highest BCUT2D eigenvalue weighted by Crippen LogP contribution is 2.41. The lowest BCUT2D eigenvalue weighted by atomic mass is 9.80. The number of alkyl halides is 1. The van der Waals surface area contributed by atoms with Crippen LogP contribution in [0.2, 0.25) is 0 Å². The second kappa shape index (κ2) is 4.76. The van der Waals surface area contributed by atoms with E-state index >= 15 is 0 Å². The fourth-order valence-corrected chi connectivity index (χ4v) is 1.19. The molecule has 0 aromatic heterocycles. The Morgan fingerprint density at radius 2 is 1.69 bits per heavy atom. The SMILES string of the molecule is CCOC(OC)C(C)(C)C(C)(C)Br. The summed E-state index contributed by atoms with van der Waals surface area (Å²) in [6.45, 7) is 11.2. The molecule has 0 N–H and O–H groups in total. The van der Waals surface area contributed by atoms with Gasteiger partial charge < -0.3 is 9.47 Å². The fourth-order valence-electron chi connectivity index (χ4n) is 1.00. The van der Waals surface area contributed by atoms with Crippen molar-refractivity contribution in [1.82, 2.24) is 0 Å². The zero-order valence-corrected chi connectivity index (χ0v) is 11.1. The molecule has 0 aliphatic carbocycles. The highest BCUT2D eigenvalue weighted by molar-refractivity contribution is 9.10. The summed E-state index contributed by atoms with van der Waals surface area (Å²) in [7, 11) is 1.68. The molecule has 0 fully saturated rings. The van der Waals surface area contributed by atoms with Crippen LogP contribution in [0.4, 0.5) is 0 Å². The van der Waals surface area contributed by atoms with Gasteiger partial charge in [0.15, 0.2) is 6.29 Å². The topological polar surface area (TPSA) is 18.5 Å². The molecule has 13 heavy (non-hydrogen) atoms. The first-order chi connectivity index (χ1) is 5.77. The van der Waals surface area contributed by atoms with Gasteiger partial charge in [-0.25, -0.2) is 0 Å². The maximum atomic E-state index is 5.53. The van der Waals surface area contributed by atoms with Crippen LogP contribution in [0, 0.1) is 5.41 Å². The molecule has 0 aliphatic rings. The Morgan fingerprint density at radius 1 is 1.23 bits per heavy atom.